The van der Waals surface area contributed by atoms with Crippen LogP contribution in [0.3, 0.4) is 0 Å². The van der Waals surface area contributed by atoms with Crippen LogP contribution in [0.4, 0.5) is 5.82 Å². The molecule has 0 spiro atoms. The van der Waals surface area contributed by atoms with Crippen molar-refractivity contribution >= 4 is 11.7 Å². The molecule has 1 aliphatic heterocycles. The third-order valence-corrected chi connectivity index (χ3v) is 6.12. The number of aromatic nitrogens is 4. The lowest BCUT2D eigenvalue weighted by Crippen LogP contribution is -2.47. The van der Waals surface area contributed by atoms with E-state index in [1.165, 1.54) is 13.1 Å². The minimum absolute atomic E-state index is 0.0878. The van der Waals surface area contributed by atoms with E-state index in [9.17, 15) is 14.4 Å². The maximum atomic E-state index is 13.3. The van der Waals surface area contributed by atoms with Gasteiger partial charge in [0.05, 0.1) is 23.9 Å². The Kier molecular flexibility index (Phi) is 7.58. The van der Waals surface area contributed by atoms with E-state index in [4.69, 9.17) is 0 Å². The molecule has 0 saturated carbocycles. The summed E-state index contributed by atoms with van der Waals surface area (Å²) in [6, 6.07) is 3.56. The predicted octanol–water partition coefficient (Wildman–Crippen LogP) is 1.75. The van der Waals surface area contributed by atoms with Crippen molar-refractivity contribution in [3.05, 3.63) is 44.4 Å². The normalized spacial score (nSPS) is 16.4. The molecule has 1 fully saturated rings. The first-order chi connectivity index (χ1) is 15.3. The van der Waals surface area contributed by atoms with E-state index in [0.717, 1.165) is 54.7 Å². The Hall–Kier alpha value is -2.84. The molecule has 1 atom stereocenters. The van der Waals surface area contributed by atoms with E-state index in [-0.39, 0.29) is 23.1 Å². The number of anilines is 1. The first-order valence-electron chi connectivity index (χ1n) is 11.6. The summed E-state index contributed by atoms with van der Waals surface area (Å²) in [6.45, 7) is 9.21. The summed E-state index contributed by atoms with van der Waals surface area (Å²) in [4.78, 5) is 42.1. The largest absolute Gasteiger partial charge is 0.357 e. The molecule has 2 aromatic rings. The number of aryl methyl sites for hydroxylation is 2. The van der Waals surface area contributed by atoms with Gasteiger partial charge in [0.2, 0.25) is 5.91 Å². The molecular weight excluding hydrogens is 408 g/mol. The second-order valence-corrected chi connectivity index (χ2v) is 8.81. The average molecular weight is 445 g/mol. The molecule has 32 heavy (non-hydrogen) atoms. The van der Waals surface area contributed by atoms with E-state index >= 15 is 0 Å². The SMILES string of the molecule is CCCn1nc(C)cc1CN(C)C(=O)C1CCCN(c2cc(=O)n(C)c(=O)n2CCC)C1. The quantitative estimate of drug-likeness (QED) is 0.619. The fraction of sp³-hybridized carbons (Fsp3) is 0.652. The van der Waals surface area contributed by atoms with Crippen molar-refractivity contribution in [3.63, 3.8) is 0 Å². The topological polar surface area (TPSA) is 85.4 Å². The number of nitrogens with zero attached hydrogens (tertiary/aromatic N) is 6. The van der Waals surface area contributed by atoms with Crippen LogP contribution in [0.15, 0.2) is 21.7 Å². The number of hydrogen-bond acceptors (Lipinski definition) is 5. The fourth-order valence-electron chi connectivity index (χ4n) is 4.51. The van der Waals surface area contributed by atoms with Gasteiger partial charge in [-0.2, -0.15) is 5.10 Å². The second-order valence-electron chi connectivity index (χ2n) is 8.81. The Morgan fingerprint density at radius 3 is 2.59 bits per heavy atom. The standard InChI is InChI=1S/C23H36N6O3/c1-6-10-28-20(14-21(30)26(5)23(28)32)27-12-8-9-18(15-27)22(31)25(4)16-19-13-17(3)24-29(19)11-7-2/h13-14,18H,6-12,15-16H2,1-5H3. The summed E-state index contributed by atoms with van der Waals surface area (Å²) in [5.41, 5.74) is 1.37. The highest BCUT2D eigenvalue weighted by Crippen LogP contribution is 2.24. The Balaban J connectivity index is 1.78. The third kappa shape index (κ3) is 4.97. The zero-order chi connectivity index (χ0) is 23.4. The Morgan fingerprint density at radius 2 is 1.91 bits per heavy atom. The van der Waals surface area contributed by atoms with Gasteiger partial charge in [-0.25, -0.2) is 4.79 Å². The number of amides is 1. The molecule has 0 N–H and O–H groups in total. The summed E-state index contributed by atoms with van der Waals surface area (Å²) in [7, 11) is 3.34. The van der Waals surface area contributed by atoms with Crippen LogP contribution in [0.5, 0.6) is 0 Å². The smallest absolute Gasteiger partial charge is 0.332 e. The molecule has 0 aromatic carbocycles. The van der Waals surface area contributed by atoms with E-state index in [1.54, 1.807) is 9.47 Å². The van der Waals surface area contributed by atoms with Gasteiger partial charge in [0.25, 0.3) is 5.56 Å². The van der Waals surface area contributed by atoms with Crippen LogP contribution in [-0.4, -0.2) is 49.9 Å². The van der Waals surface area contributed by atoms with Crippen molar-refractivity contribution < 1.29 is 4.79 Å². The van der Waals surface area contributed by atoms with E-state index in [0.29, 0.717) is 25.5 Å². The molecular formula is C23H36N6O3. The van der Waals surface area contributed by atoms with Gasteiger partial charge < -0.3 is 9.80 Å². The molecule has 1 amide bonds. The number of hydrogen-bond donors (Lipinski definition) is 0. The third-order valence-electron chi connectivity index (χ3n) is 6.12. The highest BCUT2D eigenvalue weighted by atomic mass is 16.2. The maximum Gasteiger partial charge on any atom is 0.332 e. The molecule has 1 saturated heterocycles. The van der Waals surface area contributed by atoms with Gasteiger partial charge in [0.1, 0.15) is 5.82 Å². The lowest BCUT2D eigenvalue weighted by Gasteiger charge is -2.36. The lowest BCUT2D eigenvalue weighted by molar-refractivity contribution is -0.135. The van der Waals surface area contributed by atoms with Crippen LogP contribution in [0.25, 0.3) is 0 Å². The van der Waals surface area contributed by atoms with Gasteiger partial charge in [-0.3, -0.25) is 23.4 Å². The highest BCUT2D eigenvalue weighted by Gasteiger charge is 2.30. The monoisotopic (exact) mass is 444 g/mol. The molecule has 1 aliphatic rings. The minimum Gasteiger partial charge on any atom is -0.357 e. The van der Waals surface area contributed by atoms with Gasteiger partial charge >= 0.3 is 5.69 Å². The lowest BCUT2D eigenvalue weighted by atomic mass is 9.96. The van der Waals surface area contributed by atoms with E-state index in [1.807, 2.05) is 36.5 Å². The predicted molar refractivity (Wildman–Crippen MR) is 125 cm³/mol. The van der Waals surface area contributed by atoms with Crippen molar-refractivity contribution in [3.8, 4) is 0 Å². The molecule has 3 heterocycles. The fourth-order valence-corrected chi connectivity index (χ4v) is 4.51. The average Bonchev–Trinajstić information content (AvgIpc) is 3.12. The number of carbonyl (C=O) groups is 1. The van der Waals surface area contributed by atoms with E-state index < -0.39 is 0 Å². The second kappa shape index (κ2) is 10.2. The van der Waals surface area contributed by atoms with Crippen LogP contribution in [0.2, 0.25) is 0 Å². The molecule has 0 bridgehead atoms. The van der Waals surface area contributed by atoms with Gasteiger partial charge in [0.15, 0.2) is 0 Å². The van der Waals surface area contributed by atoms with Crippen LogP contribution < -0.4 is 16.1 Å². The van der Waals surface area contributed by atoms with Crippen LogP contribution in [-0.2, 0) is 31.5 Å². The van der Waals surface area contributed by atoms with Crippen LogP contribution in [0, 0.1) is 12.8 Å². The van der Waals surface area contributed by atoms with Crippen molar-refractivity contribution in [1.82, 2.24) is 23.8 Å². The van der Waals surface area contributed by atoms with Crippen molar-refractivity contribution in [2.75, 3.05) is 25.0 Å². The van der Waals surface area contributed by atoms with Gasteiger partial charge in [0, 0.05) is 46.3 Å². The molecule has 176 valence electrons. The van der Waals surface area contributed by atoms with Gasteiger partial charge in [-0.05, 0) is 38.7 Å². The molecule has 9 heteroatoms. The van der Waals surface area contributed by atoms with Crippen molar-refractivity contribution in [2.45, 2.75) is 66.1 Å². The first kappa shape index (κ1) is 23.8. The number of piperidine rings is 1. The van der Waals surface area contributed by atoms with Gasteiger partial charge in [-0.1, -0.05) is 13.8 Å². The Bertz CT molecular complexity index is 1070. The molecule has 1 unspecified atom stereocenters. The summed E-state index contributed by atoms with van der Waals surface area (Å²) in [6.07, 6.45) is 3.41. The highest BCUT2D eigenvalue weighted by molar-refractivity contribution is 5.79. The van der Waals surface area contributed by atoms with Crippen LogP contribution >= 0.6 is 0 Å². The van der Waals surface area contributed by atoms with Crippen LogP contribution in [0.1, 0.15) is 50.9 Å². The summed E-state index contributed by atoms with van der Waals surface area (Å²) in [5, 5.41) is 4.53. The Labute approximate surface area is 189 Å². The zero-order valence-corrected chi connectivity index (χ0v) is 20.0. The molecule has 0 aliphatic carbocycles. The molecule has 2 aromatic heterocycles. The zero-order valence-electron chi connectivity index (χ0n) is 20.0. The molecule has 9 nitrogen and oxygen atoms in total. The van der Waals surface area contributed by atoms with Crippen molar-refractivity contribution in [2.24, 2.45) is 13.0 Å². The van der Waals surface area contributed by atoms with Gasteiger partial charge in [-0.15, -0.1) is 0 Å². The van der Waals surface area contributed by atoms with Crippen molar-refractivity contribution in [1.29, 1.82) is 0 Å². The first-order valence-corrected chi connectivity index (χ1v) is 11.6. The molecule has 0 radical (unpaired) electrons. The summed E-state index contributed by atoms with van der Waals surface area (Å²) in [5.74, 6) is 0.535. The molecule has 3 rings (SSSR count). The Morgan fingerprint density at radius 1 is 1.19 bits per heavy atom. The number of rotatable bonds is 8. The maximum absolute atomic E-state index is 13.3. The number of carbonyl (C=O) groups excluding carboxylic acids is 1. The minimum atomic E-state index is -0.317. The summed E-state index contributed by atoms with van der Waals surface area (Å²) < 4.78 is 4.78. The summed E-state index contributed by atoms with van der Waals surface area (Å²) >= 11 is 0. The van der Waals surface area contributed by atoms with E-state index in [2.05, 4.69) is 12.0 Å².